The largest absolute Gasteiger partial charge is 0.465 e. The van der Waals surface area contributed by atoms with Crippen molar-refractivity contribution in [3.05, 3.63) is 23.7 Å². The highest BCUT2D eigenvalue weighted by molar-refractivity contribution is 7.99. The standard InChI is InChI=1S/C16H23N3O3S/c1-11-2-3-13(22-11)9-18-15(20)7-12-6-14(17-8-12)16(21)19-4-5-23-10-19/h2-3,12,14,17H,4-10H2,1H3,(H,18,20)/t12?,14-/m0/s1. The van der Waals surface area contributed by atoms with Crippen LogP contribution in [0.25, 0.3) is 0 Å². The van der Waals surface area contributed by atoms with E-state index >= 15 is 0 Å². The smallest absolute Gasteiger partial charge is 0.240 e. The van der Waals surface area contributed by atoms with E-state index in [4.69, 9.17) is 4.42 Å². The summed E-state index contributed by atoms with van der Waals surface area (Å²) in [6.45, 7) is 3.87. The molecule has 2 aliphatic heterocycles. The van der Waals surface area contributed by atoms with E-state index < -0.39 is 0 Å². The van der Waals surface area contributed by atoms with E-state index in [0.717, 1.165) is 42.7 Å². The molecule has 2 amide bonds. The molecule has 6 nitrogen and oxygen atoms in total. The Morgan fingerprint density at radius 2 is 2.35 bits per heavy atom. The van der Waals surface area contributed by atoms with Crippen molar-refractivity contribution < 1.29 is 14.0 Å². The minimum absolute atomic E-state index is 0.00989. The predicted molar refractivity (Wildman–Crippen MR) is 88.8 cm³/mol. The van der Waals surface area contributed by atoms with Crippen LogP contribution >= 0.6 is 11.8 Å². The first-order valence-electron chi connectivity index (χ1n) is 8.04. The van der Waals surface area contributed by atoms with E-state index in [2.05, 4.69) is 10.6 Å². The molecule has 2 N–H and O–H groups in total. The molecule has 3 rings (SSSR count). The molecule has 7 heteroatoms. The van der Waals surface area contributed by atoms with Crippen molar-refractivity contribution in [3.8, 4) is 0 Å². The zero-order valence-corrected chi connectivity index (χ0v) is 14.2. The molecular weight excluding hydrogens is 314 g/mol. The van der Waals surface area contributed by atoms with Gasteiger partial charge in [0.2, 0.25) is 11.8 Å². The van der Waals surface area contributed by atoms with Gasteiger partial charge in [0.25, 0.3) is 0 Å². The quantitative estimate of drug-likeness (QED) is 0.842. The van der Waals surface area contributed by atoms with Crippen molar-refractivity contribution in [2.45, 2.75) is 32.4 Å². The summed E-state index contributed by atoms with van der Waals surface area (Å²) in [7, 11) is 0. The first-order chi connectivity index (χ1) is 11.1. The van der Waals surface area contributed by atoms with Crippen LogP contribution in [0.5, 0.6) is 0 Å². The lowest BCUT2D eigenvalue weighted by atomic mass is 10.0. The number of aryl methyl sites for hydroxylation is 1. The highest BCUT2D eigenvalue weighted by Gasteiger charge is 2.34. The molecule has 2 atom stereocenters. The van der Waals surface area contributed by atoms with E-state index in [-0.39, 0.29) is 23.8 Å². The Morgan fingerprint density at radius 1 is 1.48 bits per heavy atom. The van der Waals surface area contributed by atoms with Gasteiger partial charge in [-0.2, -0.15) is 0 Å². The number of nitrogens with zero attached hydrogens (tertiary/aromatic N) is 1. The number of hydrogen-bond donors (Lipinski definition) is 2. The molecule has 1 unspecified atom stereocenters. The van der Waals surface area contributed by atoms with Gasteiger partial charge in [-0.15, -0.1) is 11.8 Å². The number of hydrogen-bond acceptors (Lipinski definition) is 5. The van der Waals surface area contributed by atoms with Crippen LogP contribution in [0, 0.1) is 12.8 Å². The van der Waals surface area contributed by atoms with Gasteiger partial charge in [-0.05, 0) is 37.9 Å². The number of carbonyl (C=O) groups is 2. The summed E-state index contributed by atoms with van der Waals surface area (Å²) in [6.07, 6.45) is 1.19. The highest BCUT2D eigenvalue weighted by atomic mass is 32.2. The second kappa shape index (κ2) is 7.40. The van der Waals surface area contributed by atoms with E-state index in [0.29, 0.717) is 13.0 Å². The number of furan rings is 1. The summed E-state index contributed by atoms with van der Waals surface area (Å²) < 4.78 is 5.43. The summed E-state index contributed by atoms with van der Waals surface area (Å²) in [5, 5.41) is 6.15. The minimum atomic E-state index is -0.126. The zero-order chi connectivity index (χ0) is 16.2. The maximum atomic E-state index is 12.3. The molecule has 3 heterocycles. The van der Waals surface area contributed by atoms with Crippen LogP contribution in [-0.2, 0) is 16.1 Å². The molecule has 0 spiro atoms. The average molecular weight is 337 g/mol. The van der Waals surface area contributed by atoms with Crippen LogP contribution in [0.4, 0.5) is 0 Å². The lowest BCUT2D eigenvalue weighted by Crippen LogP contribution is -2.42. The monoisotopic (exact) mass is 337 g/mol. The number of nitrogens with one attached hydrogen (secondary N) is 2. The number of amides is 2. The van der Waals surface area contributed by atoms with Gasteiger partial charge in [-0.3, -0.25) is 9.59 Å². The topological polar surface area (TPSA) is 74.6 Å². The van der Waals surface area contributed by atoms with Gasteiger partial charge in [-0.25, -0.2) is 0 Å². The molecule has 1 aromatic rings. The van der Waals surface area contributed by atoms with Crippen LogP contribution in [0.2, 0.25) is 0 Å². The highest BCUT2D eigenvalue weighted by Crippen LogP contribution is 2.22. The van der Waals surface area contributed by atoms with Crippen LogP contribution in [0.1, 0.15) is 24.4 Å². The van der Waals surface area contributed by atoms with Crippen LogP contribution in [-0.4, -0.2) is 47.5 Å². The fourth-order valence-electron chi connectivity index (χ4n) is 3.06. The van der Waals surface area contributed by atoms with Gasteiger partial charge in [0.1, 0.15) is 11.5 Å². The molecule has 2 fully saturated rings. The van der Waals surface area contributed by atoms with Crippen molar-refractivity contribution in [3.63, 3.8) is 0 Å². The molecular formula is C16H23N3O3S. The third kappa shape index (κ3) is 4.29. The molecule has 2 aliphatic rings. The number of thioether (sulfide) groups is 1. The molecule has 126 valence electrons. The van der Waals surface area contributed by atoms with Crippen molar-refractivity contribution >= 4 is 23.6 Å². The minimum Gasteiger partial charge on any atom is -0.465 e. The van der Waals surface area contributed by atoms with E-state index in [1.54, 1.807) is 11.8 Å². The van der Waals surface area contributed by atoms with E-state index in [1.807, 2.05) is 24.0 Å². The summed E-state index contributed by atoms with van der Waals surface area (Å²) in [5.74, 6) is 3.84. The number of carbonyl (C=O) groups excluding carboxylic acids is 2. The lowest BCUT2D eigenvalue weighted by Gasteiger charge is -2.19. The van der Waals surface area contributed by atoms with E-state index in [9.17, 15) is 9.59 Å². The van der Waals surface area contributed by atoms with Crippen molar-refractivity contribution in [2.24, 2.45) is 5.92 Å². The van der Waals surface area contributed by atoms with Crippen LogP contribution in [0.3, 0.4) is 0 Å². The second-order valence-corrected chi connectivity index (χ2v) is 7.27. The Bertz CT molecular complexity index is 569. The average Bonchev–Trinajstić information content (AvgIpc) is 3.26. The van der Waals surface area contributed by atoms with E-state index in [1.165, 1.54) is 0 Å². The summed E-state index contributed by atoms with van der Waals surface area (Å²) >= 11 is 1.79. The molecule has 0 bridgehead atoms. The van der Waals surface area contributed by atoms with Crippen LogP contribution < -0.4 is 10.6 Å². The molecule has 2 saturated heterocycles. The van der Waals surface area contributed by atoms with Gasteiger partial charge in [0.15, 0.2) is 0 Å². The predicted octanol–water partition coefficient (Wildman–Crippen LogP) is 1.11. The molecule has 0 aliphatic carbocycles. The zero-order valence-electron chi connectivity index (χ0n) is 13.3. The fraction of sp³-hybridized carbons (Fsp3) is 0.625. The third-order valence-electron chi connectivity index (χ3n) is 4.31. The van der Waals surface area contributed by atoms with Crippen molar-refractivity contribution in [2.75, 3.05) is 24.7 Å². The van der Waals surface area contributed by atoms with Gasteiger partial charge >= 0.3 is 0 Å². The lowest BCUT2D eigenvalue weighted by molar-refractivity contribution is -0.131. The van der Waals surface area contributed by atoms with Gasteiger partial charge < -0.3 is 20.0 Å². The molecule has 0 saturated carbocycles. The Kier molecular flexibility index (Phi) is 5.27. The second-order valence-electron chi connectivity index (χ2n) is 6.19. The summed E-state index contributed by atoms with van der Waals surface area (Å²) in [4.78, 5) is 26.3. The Morgan fingerprint density at radius 3 is 3.04 bits per heavy atom. The molecule has 23 heavy (non-hydrogen) atoms. The Labute approximate surface area is 140 Å². The van der Waals surface area contributed by atoms with Gasteiger partial charge in [0, 0.05) is 18.7 Å². The maximum absolute atomic E-state index is 12.3. The Balaban J connectivity index is 1.40. The first kappa shape index (κ1) is 16.4. The van der Waals surface area contributed by atoms with Crippen LogP contribution in [0.15, 0.2) is 16.5 Å². The van der Waals surface area contributed by atoms with Gasteiger partial charge in [0.05, 0.1) is 18.5 Å². The summed E-state index contributed by atoms with van der Waals surface area (Å²) in [5.41, 5.74) is 0. The fourth-order valence-corrected chi connectivity index (χ4v) is 4.02. The number of rotatable bonds is 5. The maximum Gasteiger partial charge on any atom is 0.240 e. The molecule has 1 aromatic heterocycles. The van der Waals surface area contributed by atoms with Crippen molar-refractivity contribution in [1.29, 1.82) is 0 Å². The summed E-state index contributed by atoms with van der Waals surface area (Å²) in [6, 6.07) is 3.63. The SMILES string of the molecule is Cc1ccc(CNC(=O)CC2CN[C@H](C(=O)N3CCSC3)C2)o1. The molecule has 0 radical (unpaired) electrons. The molecule has 0 aromatic carbocycles. The van der Waals surface area contributed by atoms with Gasteiger partial charge in [-0.1, -0.05) is 0 Å². The van der Waals surface area contributed by atoms with Crippen molar-refractivity contribution in [1.82, 2.24) is 15.5 Å². The normalized spacial score (nSPS) is 24.1. The Hall–Kier alpha value is -1.47. The first-order valence-corrected chi connectivity index (χ1v) is 9.19. The third-order valence-corrected chi connectivity index (χ3v) is 5.28.